The molecule has 0 bridgehead atoms. The molecule has 3 rings (SSSR count). The van der Waals surface area contributed by atoms with E-state index in [0.29, 0.717) is 5.56 Å². The monoisotopic (exact) mass is 452 g/mol. The van der Waals surface area contributed by atoms with Crippen LogP contribution in [0.15, 0.2) is 53.4 Å². The summed E-state index contributed by atoms with van der Waals surface area (Å²) in [5, 5.41) is 0. The standard InChI is InChI=1S/C22H23F3N2O3S/c1-16-6-8-20(17(2)14-16)31(29,30)27-12-10-26(11-13-27)21(28)9-7-18-4-3-5-19(15-18)22(23,24)25/h3-9,14-15H,10-13H2,1-2H3/b9-7+. The molecule has 1 fully saturated rings. The number of aryl methyl sites for hydroxylation is 2. The largest absolute Gasteiger partial charge is 0.416 e. The van der Waals surface area contributed by atoms with Gasteiger partial charge in [0.05, 0.1) is 10.5 Å². The smallest absolute Gasteiger partial charge is 0.337 e. The molecule has 0 aliphatic carbocycles. The Bertz CT molecular complexity index is 1100. The molecule has 0 radical (unpaired) electrons. The summed E-state index contributed by atoms with van der Waals surface area (Å²) in [7, 11) is -3.66. The Morgan fingerprint density at radius 1 is 1.00 bits per heavy atom. The molecular weight excluding hydrogens is 429 g/mol. The molecule has 1 amide bonds. The van der Waals surface area contributed by atoms with Gasteiger partial charge in [0, 0.05) is 32.3 Å². The second kappa shape index (κ2) is 8.84. The van der Waals surface area contributed by atoms with Gasteiger partial charge in [-0.1, -0.05) is 29.8 Å². The van der Waals surface area contributed by atoms with Gasteiger partial charge in [-0.2, -0.15) is 17.5 Å². The van der Waals surface area contributed by atoms with Crippen LogP contribution in [0.5, 0.6) is 0 Å². The van der Waals surface area contributed by atoms with Crippen molar-refractivity contribution >= 4 is 22.0 Å². The minimum Gasteiger partial charge on any atom is -0.337 e. The summed E-state index contributed by atoms with van der Waals surface area (Å²) in [6, 6.07) is 9.85. The average Bonchev–Trinajstić information content (AvgIpc) is 2.71. The zero-order chi connectivity index (χ0) is 22.8. The second-order valence-electron chi connectivity index (χ2n) is 7.45. The molecule has 31 heavy (non-hydrogen) atoms. The quantitative estimate of drug-likeness (QED) is 0.662. The molecule has 0 aromatic heterocycles. The number of hydrogen-bond acceptors (Lipinski definition) is 3. The first-order valence-corrected chi connectivity index (χ1v) is 11.1. The zero-order valence-electron chi connectivity index (χ0n) is 17.2. The molecule has 0 atom stereocenters. The van der Waals surface area contributed by atoms with Gasteiger partial charge in [0.15, 0.2) is 0 Å². The lowest BCUT2D eigenvalue weighted by molar-refractivity contribution is -0.137. The fraction of sp³-hybridized carbons (Fsp3) is 0.318. The zero-order valence-corrected chi connectivity index (χ0v) is 18.0. The number of benzene rings is 2. The first kappa shape index (κ1) is 23.0. The Morgan fingerprint density at radius 2 is 1.68 bits per heavy atom. The number of piperazine rings is 1. The number of amides is 1. The molecule has 0 spiro atoms. The molecule has 0 unspecified atom stereocenters. The highest BCUT2D eigenvalue weighted by Gasteiger charge is 2.31. The van der Waals surface area contributed by atoms with Gasteiger partial charge in [-0.3, -0.25) is 4.79 Å². The Hall–Kier alpha value is -2.65. The van der Waals surface area contributed by atoms with Crippen molar-refractivity contribution < 1.29 is 26.4 Å². The van der Waals surface area contributed by atoms with Crippen LogP contribution in [0.25, 0.3) is 6.08 Å². The molecule has 0 N–H and O–H groups in total. The van der Waals surface area contributed by atoms with E-state index in [4.69, 9.17) is 0 Å². The van der Waals surface area contributed by atoms with Crippen molar-refractivity contribution in [1.82, 2.24) is 9.21 Å². The molecule has 1 saturated heterocycles. The van der Waals surface area contributed by atoms with E-state index in [1.807, 2.05) is 13.0 Å². The summed E-state index contributed by atoms with van der Waals surface area (Å²) >= 11 is 0. The van der Waals surface area contributed by atoms with Crippen LogP contribution in [0.1, 0.15) is 22.3 Å². The molecule has 1 aliphatic heterocycles. The lowest BCUT2D eigenvalue weighted by atomic mass is 10.1. The molecular formula is C22H23F3N2O3S. The van der Waals surface area contributed by atoms with Gasteiger partial charge >= 0.3 is 6.18 Å². The van der Waals surface area contributed by atoms with Crippen LogP contribution in [0.4, 0.5) is 13.2 Å². The number of hydrogen-bond donors (Lipinski definition) is 0. The molecule has 2 aromatic rings. The number of nitrogens with zero attached hydrogens (tertiary/aromatic N) is 2. The van der Waals surface area contributed by atoms with Crippen molar-refractivity contribution in [1.29, 1.82) is 0 Å². The third-order valence-electron chi connectivity index (χ3n) is 5.13. The Morgan fingerprint density at radius 3 is 2.29 bits per heavy atom. The maximum absolute atomic E-state index is 12.9. The number of sulfonamides is 1. The summed E-state index contributed by atoms with van der Waals surface area (Å²) in [5.41, 5.74) is 1.12. The molecule has 5 nitrogen and oxygen atoms in total. The topological polar surface area (TPSA) is 57.7 Å². The van der Waals surface area contributed by atoms with E-state index < -0.39 is 21.8 Å². The maximum Gasteiger partial charge on any atom is 0.416 e. The number of alkyl halides is 3. The predicted octanol–water partition coefficient (Wildman–Crippen LogP) is 3.87. The van der Waals surface area contributed by atoms with E-state index in [1.54, 1.807) is 19.1 Å². The van der Waals surface area contributed by atoms with Gasteiger partial charge in [-0.05, 0) is 49.2 Å². The summed E-state index contributed by atoms with van der Waals surface area (Å²) in [6.45, 7) is 4.35. The van der Waals surface area contributed by atoms with Gasteiger partial charge in [0.2, 0.25) is 15.9 Å². The van der Waals surface area contributed by atoms with Crippen molar-refractivity contribution in [2.24, 2.45) is 0 Å². The predicted molar refractivity (Wildman–Crippen MR) is 112 cm³/mol. The van der Waals surface area contributed by atoms with E-state index in [-0.39, 0.29) is 42.5 Å². The number of halogens is 3. The van der Waals surface area contributed by atoms with Crippen LogP contribution >= 0.6 is 0 Å². The SMILES string of the molecule is Cc1ccc(S(=O)(=O)N2CCN(C(=O)/C=C/c3cccc(C(F)(F)F)c3)CC2)c(C)c1. The van der Waals surface area contributed by atoms with Crippen LogP contribution in [0, 0.1) is 13.8 Å². The Balaban J connectivity index is 1.64. The molecule has 9 heteroatoms. The Kier molecular flexibility index (Phi) is 6.56. The third-order valence-corrected chi connectivity index (χ3v) is 7.19. The van der Waals surface area contributed by atoms with E-state index in [0.717, 1.165) is 17.7 Å². The van der Waals surface area contributed by atoms with Crippen molar-refractivity contribution in [3.8, 4) is 0 Å². The first-order valence-electron chi connectivity index (χ1n) is 9.70. The lowest BCUT2D eigenvalue weighted by Gasteiger charge is -2.33. The van der Waals surface area contributed by atoms with Crippen LogP contribution < -0.4 is 0 Å². The Labute approximate surface area is 179 Å². The molecule has 1 heterocycles. The normalized spacial score (nSPS) is 16.1. The van der Waals surface area contributed by atoms with E-state index >= 15 is 0 Å². The van der Waals surface area contributed by atoms with Crippen molar-refractivity contribution in [2.75, 3.05) is 26.2 Å². The average molecular weight is 452 g/mol. The van der Waals surface area contributed by atoms with Crippen molar-refractivity contribution in [3.05, 3.63) is 70.8 Å². The number of rotatable bonds is 4. The van der Waals surface area contributed by atoms with Gasteiger partial charge in [0.25, 0.3) is 0 Å². The highest BCUT2D eigenvalue weighted by molar-refractivity contribution is 7.89. The van der Waals surface area contributed by atoms with Crippen LogP contribution in [0.3, 0.4) is 0 Å². The summed E-state index contributed by atoms with van der Waals surface area (Å²) in [5.74, 6) is -0.374. The van der Waals surface area contributed by atoms with E-state index in [1.165, 1.54) is 33.5 Å². The van der Waals surface area contributed by atoms with Gasteiger partial charge < -0.3 is 4.90 Å². The number of carbonyl (C=O) groups excluding carboxylic acids is 1. The van der Waals surface area contributed by atoms with Gasteiger partial charge in [-0.15, -0.1) is 0 Å². The van der Waals surface area contributed by atoms with E-state index in [2.05, 4.69) is 0 Å². The van der Waals surface area contributed by atoms with Crippen LogP contribution in [-0.2, 0) is 21.0 Å². The van der Waals surface area contributed by atoms with Gasteiger partial charge in [-0.25, -0.2) is 8.42 Å². The van der Waals surface area contributed by atoms with Gasteiger partial charge in [0.1, 0.15) is 0 Å². The molecule has 0 saturated carbocycles. The summed E-state index contributed by atoms with van der Waals surface area (Å²) < 4.78 is 65.6. The highest BCUT2D eigenvalue weighted by atomic mass is 32.2. The molecule has 166 valence electrons. The fourth-order valence-electron chi connectivity index (χ4n) is 3.47. The second-order valence-corrected chi connectivity index (χ2v) is 9.36. The van der Waals surface area contributed by atoms with E-state index in [9.17, 15) is 26.4 Å². The highest BCUT2D eigenvalue weighted by Crippen LogP contribution is 2.29. The summed E-state index contributed by atoms with van der Waals surface area (Å²) in [6.07, 6.45) is -1.91. The fourth-order valence-corrected chi connectivity index (χ4v) is 5.10. The van der Waals surface area contributed by atoms with Crippen LogP contribution in [-0.4, -0.2) is 49.7 Å². The number of carbonyl (C=O) groups is 1. The van der Waals surface area contributed by atoms with Crippen molar-refractivity contribution in [3.63, 3.8) is 0 Å². The third kappa shape index (κ3) is 5.34. The van der Waals surface area contributed by atoms with Crippen LogP contribution in [0.2, 0.25) is 0 Å². The minimum absolute atomic E-state index is 0.152. The summed E-state index contributed by atoms with van der Waals surface area (Å²) in [4.78, 5) is 14.2. The molecule has 2 aromatic carbocycles. The van der Waals surface area contributed by atoms with Crippen molar-refractivity contribution in [2.45, 2.75) is 24.9 Å². The minimum atomic E-state index is -4.45. The lowest BCUT2D eigenvalue weighted by Crippen LogP contribution is -2.50. The first-order chi connectivity index (χ1) is 14.5. The maximum atomic E-state index is 12.9. The molecule has 1 aliphatic rings.